The largest absolute Gasteiger partial charge is 0.496 e. The maximum atomic E-state index is 11.9. The predicted molar refractivity (Wildman–Crippen MR) is 93.8 cm³/mol. The van der Waals surface area contributed by atoms with Gasteiger partial charge in [0.15, 0.2) is 0 Å². The first-order valence-electron chi connectivity index (χ1n) is 6.55. The smallest absolute Gasteiger partial charge is 0.271 e. The monoisotopic (exact) mass is 396 g/mol. The number of hydrazone groups is 1. The Bertz CT molecular complexity index is 733. The summed E-state index contributed by atoms with van der Waals surface area (Å²) in [6.07, 6.45) is 1.50. The van der Waals surface area contributed by atoms with Gasteiger partial charge in [0.05, 0.1) is 24.9 Å². The third kappa shape index (κ3) is 4.46. The Morgan fingerprint density at radius 2 is 1.83 bits per heavy atom. The Labute approximate surface area is 147 Å². The molecular formula is C16H14BrClN2O3. The van der Waals surface area contributed by atoms with Crippen molar-refractivity contribution in [3.8, 4) is 11.5 Å². The highest BCUT2D eigenvalue weighted by Gasteiger charge is 2.08. The van der Waals surface area contributed by atoms with Gasteiger partial charge >= 0.3 is 0 Å². The Morgan fingerprint density at radius 1 is 1.17 bits per heavy atom. The predicted octanol–water partition coefficient (Wildman–Crippen LogP) is 3.88. The van der Waals surface area contributed by atoms with E-state index < -0.39 is 0 Å². The summed E-state index contributed by atoms with van der Waals surface area (Å²) in [5.74, 6) is 0.892. The number of nitrogens with one attached hydrogen (secondary N) is 1. The van der Waals surface area contributed by atoms with E-state index in [1.54, 1.807) is 50.6 Å². The van der Waals surface area contributed by atoms with E-state index in [0.717, 1.165) is 4.47 Å². The first kappa shape index (κ1) is 17.3. The highest BCUT2D eigenvalue weighted by molar-refractivity contribution is 9.10. The molecule has 2 rings (SSSR count). The third-order valence-electron chi connectivity index (χ3n) is 2.98. The van der Waals surface area contributed by atoms with Crippen molar-refractivity contribution in [1.82, 2.24) is 5.43 Å². The summed E-state index contributed by atoms with van der Waals surface area (Å²) in [4.78, 5) is 11.9. The fourth-order valence-corrected chi connectivity index (χ4v) is 2.46. The van der Waals surface area contributed by atoms with Gasteiger partial charge in [-0.2, -0.15) is 5.10 Å². The molecule has 0 heterocycles. The van der Waals surface area contributed by atoms with Crippen LogP contribution in [0.4, 0.5) is 0 Å². The summed E-state index contributed by atoms with van der Waals surface area (Å²) in [6, 6.07) is 10.0. The van der Waals surface area contributed by atoms with Gasteiger partial charge in [0.25, 0.3) is 5.91 Å². The van der Waals surface area contributed by atoms with Gasteiger partial charge in [-0.15, -0.1) is 0 Å². The molecule has 0 spiro atoms. The highest BCUT2D eigenvalue weighted by atomic mass is 79.9. The van der Waals surface area contributed by atoms with Crippen molar-refractivity contribution in [3.63, 3.8) is 0 Å². The van der Waals surface area contributed by atoms with Crippen molar-refractivity contribution in [2.45, 2.75) is 0 Å². The van der Waals surface area contributed by atoms with Crippen molar-refractivity contribution in [2.24, 2.45) is 5.10 Å². The standard InChI is InChI=1S/C16H14BrClN2O3/c1-22-14-8-15(23-2)13(17)7-11(14)9-19-20-16(21)10-3-5-12(18)6-4-10/h3-9H,1-2H3,(H,20,21)/b19-9-. The van der Waals surface area contributed by atoms with E-state index in [-0.39, 0.29) is 5.91 Å². The molecule has 2 aromatic rings. The van der Waals surface area contributed by atoms with Crippen LogP contribution in [0.3, 0.4) is 0 Å². The van der Waals surface area contributed by atoms with Crippen LogP contribution in [0.15, 0.2) is 46.0 Å². The molecule has 0 atom stereocenters. The van der Waals surface area contributed by atoms with E-state index in [1.807, 2.05) is 0 Å². The number of methoxy groups -OCH3 is 2. The van der Waals surface area contributed by atoms with Gasteiger partial charge < -0.3 is 9.47 Å². The van der Waals surface area contributed by atoms with Crippen LogP contribution in [0.25, 0.3) is 0 Å². The summed E-state index contributed by atoms with van der Waals surface area (Å²) < 4.78 is 11.2. The molecule has 0 unspecified atom stereocenters. The third-order valence-corrected chi connectivity index (χ3v) is 3.85. The maximum Gasteiger partial charge on any atom is 0.271 e. The van der Waals surface area contributed by atoms with Gasteiger partial charge in [0, 0.05) is 22.2 Å². The number of ether oxygens (including phenoxy) is 2. The molecule has 23 heavy (non-hydrogen) atoms. The SMILES string of the molecule is COc1cc(OC)c(/C=N\NC(=O)c2ccc(Cl)cc2)cc1Br. The lowest BCUT2D eigenvalue weighted by atomic mass is 10.2. The number of amides is 1. The quantitative estimate of drug-likeness (QED) is 0.615. The molecular weight excluding hydrogens is 384 g/mol. The molecule has 0 aliphatic carbocycles. The molecule has 0 saturated carbocycles. The molecule has 0 aliphatic rings. The molecule has 1 N–H and O–H groups in total. The lowest BCUT2D eigenvalue weighted by Gasteiger charge is -2.09. The van der Waals surface area contributed by atoms with Crippen LogP contribution >= 0.6 is 27.5 Å². The Hall–Kier alpha value is -2.05. The molecule has 0 fully saturated rings. The van der Waals surface area contributed by atoms with E-state index in [2.05, 4.69) is 26.5 Å². The van der Waals surface area contributed by atoms with E-state index in [1.165, 1.54) is 6.21 Å². The second-order valence-corrected chi connectivity index (χ2v) is 5.73. The van der Waals surface area contributed by atoms with Crippen molar-refractivity contribution in [3.05, 3.63) is 57.0 Å². The zero-order valence-electron chi connectivity index (χ0n) is 12.5. The van der Waals surface area contributed by atoms with Gasteiger partial charge in [-0.25, -0.2) is 5.43 Å². The van der Waals surface area contributed by atoms with Crippen molar-refractivity contribution < 1.29 is 14.3 Å². The van der Waals surface area contributed by atoms with Crippen LogP contribution in [-0.4, -0.2) is 26.3 Å². The van der Waals surface area contributed by atoms with E-state index in [4.69, 9.17) is 21.1 Å². The summed E-state index contributed by atoms with van der Waals surface area (Å²) in [7, 11) is 3.12. The number of carbonyl (C=O) groups is 1. The van der Waals surface area contributed by atoms with Crippen LogP contribution in [0.5, 0.6) is 11.5 Å². The van der Waals surface area contributed by atoms with Crippen LogP contribution in [-0.2, 0) is 0 Å². The van der Waals surface area contributed by atoms with Gasteiger partial charge in [-0.05, 0) is 46.3 Å². The second kappa shape index (κ2) is 7.99. The van der Waals surface area contributed by atoms with Gasteiger partial charge in [-0.3, -0.25) is 4.79 Å². The minimum absolute atomic E-state index is 0.329. The zero-order valence-corrected chi connectivity index (χ0v) is 14.8. The molecule has 0 saturated heterocycles. The minimum atomic E-state index is -0.329. The first-order chi connectivity index (χ1) is 11.0. The normalized spacial score (nSPS) is 10.6. The second-order valence-electron chi connectivity index (χ2n) is 4.43. The molecule has 5 nitrogen and oxygen atoms in total. The van der Waals surface area contributed by atoms with Gasteiger partial charge in [0.1, 0.15) is 11.5 Å². The van der Waals surface area contributed by atoms with Gasteiger partial charge in [-0.1, -0.05) is 11.6 Å². The molecule has 0 aliphatic heterocycles. The van der Waals surface area contributed by atoms with Crippen LogP contribution in [0, 0.1) is 0 Å². The van der Waals surface area contributed by atoms with Gasteiger partial charge in [0.2, 0.25) is 0 Å². The Kier molecular flexibility index (Phi) is 6.01. The summed E-state index contributed by atoms with van der Waals surface area (Å²) >= 11 is 9.18. The zero-order chi connectivity index (χ0) is 16.8. The molecule has 0 aromatic heterocycles. The average molecular weight is 398 g/mol. The van der Waals surface area contributed by atoms with Crippen molar-refractivity contribution >= 4 is 39.7 Å². The number of hydrogen-bond donors (Lipinski definition) is 1. The van der Waals surface area contributed by atoms with E-state index in [0.29, 0.717) is 27.6 Å². The van der Waals surface area contributed by atoms with Crippen molar-refractivity contribution in [1.29, 1.82) is 0 Å². The number of rotatable bonds is 5. The first-order valence-corrected chi connectivity index (χ1v) is 7.72. The van der Waals surface area contributed by atoms with Crippen LogP contribution in [0.2, 0.25) is 5.02 Å². The Morgan fingerprint density at radius 3 is 2.43 bits per heavy atom. The summed E-state index contributed by atoms with van der Waals surface area (Å²) in [6.45, 7) is 0. The van der Waals surface area contributed by atoms with Crippen molar-refractivity contribution in [2.75, 3.05) is 14.2 Å². The highest BCUT2D eigenvalue weighted by Crippen LogP contribution is 2.31. The molecule has 0 radical (unpaired) electrons. The fourth-order valence-electron chi connectivity index (χ4n) is 1.81. The number of carbonyl (C=O) groups excluding carboxylic acids is 1. The Balaban J connectivity index is 2.12. The maximum absolute atomic E-state index is 11.9. The summed E-state index contributed by atoms with van der Waals surface area (Å²) in [5, 5.41) is 4.51. The molecule has 2 aromatic carbocycles. The number of hydrogen-bond acceptors (Lipinski definition) is 4. The van der Waals surface area contributed by atoms with Crippen LogP contribution in [0.1, 0.15) is 15.9 Å². The number of halogens is 2. The van der Waals surface area contributed by atoms with E-state index in [9.17, 15) is 4.79 Å². The number of nitrogens with zero attached hydrogens (tertiary/aromatic N) is 1. The molecule has 120 valence electrons. The topological polar surface area (TPSA) is 59.9 Å². The molecule has 0 bridgehead atoms. The molecule has 1 amide bonds. The van der Waals surface area contributed by atoms with E-state index >= 15 is 0 Å². The lowest BCUT2D eigenvalue weighted by Crippen LogP contribution is -2.17. The average Bonchev–Trinajstić information content (AvgIpc) is 2.55. The minimum Gasteiger partial charge on any atom is -0.496 e. The molecule has 7 heteroatoms. The fraction of sp³-hybridized carbons (Fsp3) is 0.125. The van der Waals surface area contributed by atoms with Crippen LogP contribution < -0.4 is 14.9 Å². The lowest BCUT2D eigenvalue weighted by molar-refractivity contribution is 0.0955. The summed E-state index contributed by atoms with van der Waals surface area (Å²) in [5.41, 5.74) is 3.61. The number of benzene rings is 2.